The second-order valence-corrected chi connectivity index (χ2v) is 39.5. The van der Waals surface area contributed by atoms with Gasteiger partial charge in [-0.05, 0) is 200 Å². The van der Waals surface area contributed by atoms with E-state index < -0.39 is 0 Å². The molecule has 0 bridgehead atoms. The second kappa shape index (κ2) is 72.6. The summed E-state index contributed by atoms with van der Waals surface area (Å²) >= 11 is 0. The second-order valence-electron chi connectivity index (χ2n) is 39.5. The fourth-order valence-electron chi connectivity index (χ4n) is 18.1. The zero-order valence-electron chi connectivity index (χ0n) is 90.3. The number of unbranched alkanes of at least 4 members (excludes halogenated alkanes) is 45. The molecule has 3 heterocycles. The van der Waals surface area contributed by atoms with E-state index in [4.69, 9.17) is 57.6 Å². The topological polar surface area (TPSA) is 209 Å². The molecular formula is C126H182N6O12. The zero-order chi connectivity index (χ0) is 102. The number of nitrogens with one attached hydrogen (secondary N) is 3. The standard InChI is InChI=1S/C126H182N6O12/c1-10-19-28-37-46-55-80-136-115-93-105(94-116(137-81-56-47-38-29-20-11-2)121(115)142-86-61-52-43-34-25-16-7)124(133)129-108-70-64-99(65-71-108)102-76-78-127-111(89-102)113-91-104(101-68-74-110(75-69-101)131-126(135)107-97-119(140-84-59-50-41-32-23-14-5)123(144-88-63-54-45-36-27-18-9)120(98-107)141-85-60-51-42-33-24-15-6)92-114(132-113)112-90-103(77-79-128-112)100-66-72-109(73-67-100)130-125(134)106-95-117(138-82-57-48-39-30-21-12-3)122(143-87-62-53-44-35-26-17-8)118(96-106)139-83-58-49-40-31-22-13-4/h64-79,89-98H,10-63,80-88H2,1-9H3,(H,129,133)(H,130,134)(H,131,135). The van der Waals surface area contributed by atoms with Crippen LogP contribution in [-0.4, -0.2) is 92.1 Å². The average molecular weight is 1970 g/mol. The van der Waals surface area contributed by atoms with Gasteiger partial charge in [-0.15, -0.1) is 0 Å². The molecule has 18 nitrogen and oxygen atoms in total. The summed E-state index contributed by atoms with van der Waals surface area (Å²) < 4.78 is 59.7. The number of hydrogen-bond donors (Lipinski definition) is 3. The number of benzene rings is 6. The molecule has 3 aromatic heterocycles. The SMILES string of the molecule is CCCCCCCCOc1cc(C(=O)Nc2ccc(-c3ccnc(-c4cc(-c5ccc(NC(=O)c6cc(OCCCCCCCC)c(OCCCCCCCC)c(OCCCCCCCC)c6)cc5)cc(-c5cc(-c6ccc(NC(=O)c7cc(OCCCCCCCC)c(OCCCCCCCC)c(OCCCCCCCC)c7)cc6)ccn5)n4)c3)cc2)cc(OCCCCCCCC)c1OCCCCCCCC. The number of ether oxygens (including phenoxy) is 9. The number of anilines is 3. The highest BCUT2D eigenvalue weighted by Crippen LogP contribution is 2.45. The van der Waals surface area contributed by atoms with Crippen molar-refractivity contribution in [1.82, 2.24) is 15.0 Å². The fraction of sp³-hybridized carbons (Fsp3) is 0.571. The zero-order valence-corrected chi connectivity index (χ0v) is 90.3. The Labute approximate surface area is 868 Å². The number of pyridine rings is 3. The molecule has 144 heavy (non-hydrogen) atoms. The third-order valence-corrected chi connectivity index (χ3v) is 26.9. The van der Waals surface area contributed by atoms with Crippen LogP contribution in [-0.2, 0) is 0 Å². The molecule has 9 rings (SSSR count). The quantitative estimate of drug-likeness (QED) is 0.0303. The lowest BCUT2D eigenvalue weighted by Crippen LogP contribution is -2.14. The van der Waals surface area contributed by atoms with Crippen LogP contribution < -0.4 is 58.6 Å². The van der Waals surface area contributed by atoms with E-state index in [2.05, 4.69) is 78.3 Å². The molecule has 788 valence electrons. The molecule has 0 unspecified atom stereocenters. The van der Waals surface area contributed by atoms with E-state index in [9.17, 15) is 14.4 Å². The van der Waals surface area contributed by atoms with Gasteiger partial charge in [-0.3, -0.25) is 24.4 Å². The number of carbonyl (C=O) groups is 3. The summed E-state index contributed by atoms with van der Waals surface area (Å²) in [5.41, 5.74) is 10.9. The predicted molar refractivity (Wildman–Crippen MR) is 600 cm³/mol. The van der Waals surface area contributed by atoms with Crippen molar-refractivity contribution in [2.45, 2.75) is 409 Å². The van der Waals surface area contributed by atoms with E-state index >= 15 is 0 Å². The van der Waals surface area contributed by atoms with Gasteiger partial charge in [0.05, 0.1) is 82.2 Å². The minimum atomic E-state index is -0.299. The van der Waals surface area contributed by atoms with Gasteiger partial charge in [-0.25, -0.2) is 4.98 Å². The highest BCUT2D eigenvalue weighted by atomic mass is 16.6. The van der Waals surface area contributed by atoms with Gasteiger partial charge in [0.2, 0.25) is 17.2 Å². The minimum Gasteiger partial charge on any atom is -0.490 e. The van der Waals surface area contributed by atoms with Crippen molar-refractivity contribution in [3.63, 3.8) is 0 Å². The summed E-state index contributed by atoms with van der Waals surface area (Å²) in [6.07, 6.45) is 64.6. The van der Waals surface area contributed by atoms with E-state index in [0.29, 0.717) is 168 Å². The van der Waals surface area contributed by atoms with E-state index in [1.54, 1.807) is 12.4 Å². The number of hydrogen-bond acceptors (Lipinski definition) is 15. The molecule has 0 aliphatic heterocycles. The molecule has 0 aliphatic rings. The van der Waals surface area contributed by atoms with Gasteiger partial charge in [0, 0.05) is 46.1 Å². The van der Waals surface area contributed by atoms with Crippen LogP contribution >= 0.6 is 0 Å². The number of nitrogens with zero attached hydrogens (tertiary/aromatic N) is 3. The molecule has 3 N–H and O–H groups in total. The Hall–Kier alpha value is -10.6. The fourth-order valence-corrected chi connectivity index (χ4v) is 18.1. The van der Waals surface area contributed by atoms with Crippen molar-refractivity contribution in [3.05, 3.63) is 175 Å². The van der Waals surface area contributed by atoms with Crippen molar-refractivity contribution < 1.29 is 57.0 Å². The molecule has 18 heteroatoms. The number of rotatable bonds is 83. The molecule has 0 saturated carbocycles. The molecule has 0 spiro atoms. The molecule has 0 saturated heterocycles. The Balaban J connectivity index is 1.03. The Kier molecular flexibility index (Phi) is 59.0. The molecule has 0 aliphatic carbocycles. The maximum atomic E-state index is 14.9. The van der Waals surface area contributed by atoms with Gasteiger partial charge in [0.1, 0.15) is 0 Å². The van der Waals surface area contributed by atoms with Crippen LogP contribution in [0.2, 0.25) is 0 Å². The third kappa shape index (κ3) is 44.4. The lowest BCUT2D eigenvalue weighted by atomic mass is 10.00. The summed E-state index contributed by atoms with van der Waals surface area (Å²) in [5, 5.41) is 9.66. The van der Waals surface area contributed by atoms with Crippen LogP contribution in [0.3, 0.4) is 0 Å². The van der Waals surface area contributed by atoms with Crippen LogP contribution in [0.5, 0.6) is 51.7 Å². The lowest BCUT2D eigenvalue weighted by Gasteiger charge is -2.19. The average Bonchev–Trinajstić information content (AvgIpc) is 0.789. The van der Waals surface area contributed by atoms with E-state index in [1.165, 1.54) is 193 Å². The van der Waals surface area contributed by atoms with E-state index in [-0.39, 0.29) is 17.7 Å². The van der Waals surface area contributed by atoms with Crippen molar-refractivity contribution in [1.29, 1.82) is 0 Å². The molecule has 9 aromatic rings. The minimum absolute atomic E-state index is 0.285. The van der Waals surface area contributed by atoms with Gasteiger partial charge in [-0.2, -0.15) is 0 Å². The normalized spacial score (nSPS) is 11.3. The van der Waals surface area contributed by atoms with Gasteiger partial charge in [0.15, 0.2) is 34.5 Å². The van der Waals surface area contributed by atoms with Gasteiger partial charge in [-0.1, -0.05) is 388 Å². The van der Waals surface area contributed by atoms with E-state index in [1.807, 2.05) is 146 Å². The molecule has 0 fully saturated rings. The highest BCUT2D eigenvalue weighted by Gasteiger charge is 2.26. The molecule has 6 aromatic carbocycles. The summed E-state index contributed by atoms with van der Waals surface area (Å²) in [4.78, 5) is 59.8. The van der Waals surface area contributed by atoms with Crippen LogP contribution in [0.1, 0.15) is 440 Å². The summed E-state index contributed by atoms with van der Waals surface area (Å²) in [5.74, 6) is 4.02. The first kappa shape index (κ1) is 117. The van der Waals surface area contributed by atoms with Crippen molar-refractivity contribution in [3.8, 4) is 108 Å². The number of aromatic nitrogens is 3. The summed E-state index contributed by atoms with van der Waals surface area (Å²) in [6, 6.07) is 46.8. The summed E-state index contributed by atoms with van der Waals surface area (Å²) in [7, 11) is 0. The lowest BCUT2D eigenvalue weighted by molar-refractivity contribution is 0.101. The summed E-state index contributed by atoms with van der Waals surface area (Å²) in [6.45, 7) is 24.8. The van der Waals surface area contributed by atoms with Crippen LogP contribution in [0, 0.1) is 0 Å². The van der Waals surface area contributed by atoms with Gasteiger partial charge >= 0.3 is 0 Å². The smallest absolute Gasteiger partial charge is 0.255 e. The first-order chi connectivity index (χ1) is 70.9. The monoisotopic (exact) mass is 1970 g/mol. The predicted octanol–water partition coefficient (Wildman–Crippen LogP) is 36.6. The van der Waals surface area contributed by atoms with Gasteiger partial charge < -0.3 is 58.6 Å². The van der Waals surface area contributed by atoms with Crippen molar-refractivity contribution >= 4 is 34.8 Å². The van der Waals surface area contributed by atoms with Crippen molar-refractivity contribution in [2.75, 3.05) is 75.4 Å². The van der Waals surface area contributed by atoms with Crippen LogP contribution in [0.15, 0.2) is 158 Å². The molecular weight excluding hydrogens is 1790 g/mol. The highest BCUT2D eigenvalue weighted by molar-refractivity contribution is 6.07. The maximum Gasteiger partial charge on any atom is 0.255 e. The third-order valence-electron chi connectivity index (χ3n) is 26.9. The Morgan fingerprint density at radius 3 is 0.583 bits per heavy atom. The van der Waals surface area contributed by atoms with E-state index in [0.717, 1.165) is 187 Å². The van der Waals surface area contributed by atoms with Crippen LogP contribution in [0.25, 0.3) is 56.2 Å². The number of carbonyl (C=O) groups excluding carboxylic acids is 3. The molecule has 3 amide bonds. The molecule has 0 atom stereocenters. The maximum absolute atomic E-state index is 14.9. The largest absolute Gasteiger partial charge is 0.490 e. The Morgan fingerprint density at radius 1 is 0.194 bits per heavy atom. The molecule has 0 radical (unpaired) electrons. The Bertz CT molecular complexity index is 4660. The first-order valence-corrected chi connectivity index (χ1v) is 57.3. The van der Waals surface area contributed by atoms with Crippen LogP contribution in [0.4, 0.5) is 17.1 Å². The first-order valence-electron chi connectivity index (χ1n) is 57.3. The van der Waals surface area contributed by atoms with Gasteiger partial charge in [0.25, 0.3) is 17.7 Å². The Morgan fingerprint density at radius 2 is 0.375 bits per heavy atom. The van der Waals surface area contributed by atoms with Crippen molar-refractivity contribution in [2.24, 2.45) is 0 Å². The number of amides is 3.